The summed E-state index contributed by atoms with van der Waals surface area (Å²) >= 11 is 0. The highest BCUT2D eigenvalue weighted by atomic mass is 19.1. The second kappa shape index (κ2) is 9.71. The molecular formula is C20H26F2N6O. The van der Waals surface area contributed by atoms with Crippen molar-refractivity contribution in [2.75, 3.05) is 31.5 Å². The first kappa shape index (κ1) is 21.1. The standard InChI is InChI=1S/C20H26F2N6O/c1-12-13(2)27-19(28-18(12)23-5-4-15-10-25-26-11-15)20(29)24-6-3-14-7-16(21)9-17(22)8-14/h7-9,15,25-26H,3-6,10-11H2,1-2H3,(H,24,29)(H,23,27,28). The van der Waals surface area contributed by atoms with Gasteiger partial charge in [-0.1, -0.05) is 0 Å². The summed E-state index contributed by atoms with van der Waals surface area (Å²) in [7, 11) is 0. The molecule has 2 heterocycles. The zero-order valence-electron chi connectivity index (χ0n) is 16.6. The van der Waals surface area contributed by atoms with Gasteiger partial charge in [0.2, 0.25) is 5.82 Å². The third-order valence-electron chi connectivity index (χ3n) is 4.97. The molecule has 3 rings (SSSR count). The van der Waals surface area contributed by atoms with Gasteiger partial charge in [0.05, 0.1) is 0 Å². The lowest BCUT2D eigenvalue weighted by atomic mass is 10.1. The fourth-order valence-corrected chi connectivity index (χ4v) is 3.16. The van der Waals surface area contributed by atoms with E-state index in [1.807, 2.05) is 13.8 Å². The van der Waals surface area contributed by atoms with Crippen LogP contribution in [0.15, 0.2) is 18.2 Å². The Kier molecular flexibility index (Phi) is 7.05. The van der Waals surface area contributed by atoms with Crippen molar-refractivity contribution in [3.63, 3.8) is 0 Å². The van der Waals surface area contributed by atoms with E-state index in [0.717, 1.165) is 43.4 Å². The van der Waals surface area contributed by atoms with Crippen LogP contribution < -0.4 is 21.5 Å². The Hall–Kier alpha value is -2.65. The minimum absolute atomic E-state index is 0.0743. The van der Waals surface area contributed by atoms with E-state index in [1.54, 1.807) is 0 Å². The first-order valence-corrected chi connectivity index (χ1v) is 9.70. The van der Waals surface area contributed by atoms with Gasteiger partial charge >= 0.3 is 0 Å². The molecule has 0 atom stereocenters. The Labute approximate surface area is 168 Å². The monoisotopic (exact) mass is 404 g/mol. The molecule has 9 heteroatoms. The van der Waals surface area contributed by atoms with Crippen molar-refractivity contribution in [1.29, 1.82) is 0 Å². The lowest BCUT2D eigenvalue weighted by Crippen LogP contribution is -2.28. The molecule has 1 fully saturated rings. The van der Waals surface area contributed by atoms with Gasteiger partial charge in [0, 0.05) is 43.5 Å². The molecule has 0 aliphatic carbocycles. The largest absolute Gasteiger partial charge is 0.370 e. The smallest absolute Gasteiger partial charge is 0.289 e. The van der Waals surface area contributed by atoms with Crippen molar-refractivity contribution in [2.45, 2.75) is 26.7 Å². The zero-order valence-corrected chi connectivity index (χ0v) is 16.6. The predicted molar refractivity (Wildman–Crippen MR) is 107 cm³/mol. The van der Waals surface area contributed by atoms with Crippen molar-refractivity contribution in [3.8, 4) is 0 Å². The van der Waals surface area contributed by atoms with Crippen LogP contribution in [0.5, 0.6) is 0 Å². The molecule has 1 aromatic heterocycles. The maximum absolute atomic E-state index is 13.2. The molecule has 0 bridgehead atoms. The average molecular weight is 404 g/mol. The number of hydrogen-bond acceptors (Lipinski definition) is 6. The number of rotatable bonds is 8. The fraction of sp³-hybridized carbons (Fsp3) is 0.450. The summed E-state index contributed by atoms with van der Waals surface area (Å²) in [5.74, 6) is -0.412. The maximum Gasteiger partial charge on any atom is 0.289 e. The number of carbonyl (C=O) groups is 1. The minimum Gasteiger partial charge on any atom is -0.370 e. The van der Waals surface area contributed by atoms with Gasteiger partial charge in [0.1, 0.15) is 17.5 Å². The molecule has 7 nitrogen and oxygen atoms in total. The van der Waals surface area contributed by atoms with Crippen LogP contribution in [0.25, 0.3) is 0 Å². The SMILES string of the molecule is Cc1nc(C(=O)NCCc2cc(F)cc(F)c2)nc(NCCC2CNNC2)c1C. The van der Waals surface area contributed by atoms with Crippen LogP contribution in [0.4, 0.5) is 14.6 Å². The van der Waals surface area contributed by atoms with Crippen molar-refractivity contribution in [1.82, 2.24) is 26.1 Å². The maximum atomic E-state index is 13.2. The molecule has 1 amide bonds. The van der Waals surface area contributed by atoms with Gasteiger partial charge in [-0.25, -0.2) is 18.7 Å². The summed E-state index contributed by atoms with van der Waals surface area (Å²) in [5.41, 5.74) is 8.31. The Bertz CT molecular complexity index is 850. The van der Waals surface area contributed by atoms with Gasteiger partial charge in [0.25, 0.3) is 5.91 Å². The lowest BCUT2D eigenvalue weighted by Gasteiger charge is -2.14. The Morgan fingerprint density at radius 3 is 2.48 bits per heavy atom. The van der Waals surface area contributed by atoms with Crippen molar-refractivity contribution in [3.05, 3.63) is 52.5 Å². The summed E-state index contributed by atoms with van der Waals surface area (Å²) < 4.78 is 26.5. The van der Waals surface area contributed by atoms with E-state index in [4.69, 9.17) is 0 Å². The molecule has 0 radical (unpaired) electrons. The highest BCUT2D eigenvalue weighted by molar-refractivity contribution is 5.90. The van der Waals surface area contributed by atoms with Crippen LogP contribution in [0, 0.1) is 31.4 Å². The van der Waals surface area contributed by atoms with Gasteiger partial charge in [-0.15, -0.1) is 0 Å². The third kappa shape index (κ3) is 5.91. The van der Waals surface area contributed by atoms with Gasteiger partial charge in [0.15, 0.2) is 0 Å². The van der Waals surface area contributed by atoms with Crippen LogP contribution >= 0.6 is 0 Å². The van der Waals surface area contributed by atoms with Gasteiger partial charge < -0.3 is 10.6 Å². The number of hydrogen-bond donors (Lipinski definition) is 4. The van der Waals surface area contributed by atoms with Gasteiger partial charge in [-0.3, -0.25) is 15.6 Å². The molecule has 156 valence electrons. The highest BCUT2D eigenvalue weighted by Crippen LogP contribution is 2.16. The summed E-state index contributed by atoms with van der Waals surface area (Å²) in [4.78, 5) is 21.1. The van der Waals surface area contributed by atoms with E-state index in [1.165, 1.54) is 12.1 Å². The minimum atomic E-state index is -0.635. The topological polar surface area (TPSA) is 91.0 Å². The van der Waals surface area contributed by atoms with E-state index >= 15 is 0 Å². The van der Waals surface area contributed by atoms with E-state index in [2.05, 4.69) is 31.5 Å². The molecule has 4 N–H and O–H groups in total. The number of aromatic nitrogens is 2. The normalized spacial score (nSPS) is 14.2. The number of nitrogens with zero attached hydrogens (tertiary/aromatic N) is 2. The second-order valence-electron chi connectivity index (χ2n) is 7.23. The molecule has 1 aromatic carbocycles. The first-order chi connectivity index (χ1) is 13.9. The van der Waals surface area contributed by atoms with E-state index < -0.39 is 17.5 Å². The van der Waals surface area contributed by atoms with Crippen LogP contribution in [0.1, 0.15) is 33.9 Å². The van der Waals surface area contributed by atoms with E-state index in [9.17, 15) is 13.6 Å². The van der Waals surface area contributed by atoms with Crippen LogP contribution in [0.3, 0.4) is 0 Å². The lowest BCUT2D eigenvalue weighted by molar-refractivity contribution is 0.0943. The van der Waals surface area contributed by atoms with Crippen LogP contribution in [-0.4, -0.2) is 42.1 Å². The quantitative estimate of drug-likeness (QED) is 0.537. The van der Waals surface area contributed by atoms with E-state index in [-0.39, 0.29) is 12.4 Å². The summed E-state index contributed by atoms with van der Waals surface area (Å²) in [6, 6.07) is 3.32. The molecule has 0 saturated carbocycles. The number of aryl methyl sites for hydroxylation is 1. The molecule has 29 heavy (non-hydrogen) atoms. The van der Waals surface area contributed by atoms with E-state index in [0.29, 0.717) is 23.7 Å². The number of anilines is 1. The first-order valence-electron chi connectivity index (χ1n) is 9.70. The molecule has 1 saturated heterocycles. The molecule has 1 aliphatic heterocycles. The summed E-state index contributed by atoms with van der Waals surface area (Å²) in [6.07, 6.45) is 1.29. The fourth-order valence-electron chi connectivity index (χ4n) is 3.16. The second-order valence-corrected chi connectivity index (χ2v) is 7.23. The van der Waals surface area contributed by atoms with Crippen molar-refractivity contribution in [2.24, 2.45) is 5.92 Å². The van der Waals surface area contributed by atoms with Gasteiger partial charge in [-0.2, -0.15) is 0 Å². The van der Waals surface area contributed by atoms with Crippen LogP contribution in [0.2, 0.25) is 0 Å². The Morgan fingerprint density at radius 2 is 1.79 bits per heavy atom. The Morgan fingerprint density at radius 1 is 1.10 bits per heavy atom. The molecular weight excluding hydrogens is 378 g/mol. The van der Waals surface area contributed by atoms with Crippen molar-refractivity contribution < 1.29 is 13.6 Å². The number of benzene rings is 1. The number of halogens is 2. The molecule has 1 aliphatic rings. The summed E-state index contributed by atoms with van der Waals surface area (Å²) in [6.45, 7) is 6.59. The molecule has 0 spiro atoms. The number of carbonyl (C=O) groups excluding carboxylic acids is 1. The zero-order chi connectivity index (χ0) is 20.8. The number of amides is 1. The third-order valence-corrected chi connectivity index (χ3v) is 4.97. The summed E-state index contributed by atoms with van der Waals surface area (Å²) in [5, 5.41) is 6.01. The Balaban J connectivity index is 1.56. The number of nitrogens with one attached hydrogen (secondary N) is 4. The molecule has 0 unspecified atom stereocenters. The average Bonchev–Trinajstić information content (AvgIpc) is 3.17. The molecule has 2 aromatic rings. The van der Waals surface area contributed by atoms with Gasteiger partial charge in [-0.05, 0) is 50.3 Å². The van der Waals surface area contributed by atoms with Crippen LogP contribution in [-0.2, 0) is 6.42 Å². The number of hydrazine groups is 1. The highest BCUT2D eigenvalue weighted by Gasteiger charge is 2.16. The van der Waals surface area contributed by atoms with Crippen molar-refractivity contribution >= 4 is 11.7 Å². The predicted octanol–water partition coefficient (Wildman–Crippen LogP) is 1.87.